The van der Waals surface area contributed by atoms with Gasteiger partial charge in [0.2, 0.25) is 0 Å². The molecule has 0 unspecified atom stereocenters. The maximum Gasteiger partial charge on any atom is 0.178 e. The molecule has 0 N–H and O–H groups in total. The number of halogens is 4. The Morgan fingerprint density at radius 2 is 1.15 bits per heavy atom. The van der Waals surface area contributed by atoms with Crippen LogP contribution in [0.4, 0.5) is 0 Å². The summed E-state index contributed by atoms with van der Waals surface area (Å²) in [6.45, 7) is 0. The van der Waals surface area contributed by atoms with Gasteiger partial charge in [-0.1, -0.05) is 46.4 Å². The standard InChI is InChI=1S/C19H14Cl4O3/c1-25-18-11(7-13(20)9-16(18)22)3-5-15(24)6-4-12-8-14(21)10-17(23)19(12)26-2/h3-10H,1-2H3/b5-3-,6-4-. The van der Waals surface area contributed by atoms with Gasteiger partial charge in [0.25, 0.3) is 0 Å². The molecule has 7 heteroatoms. The monoisotopic (exact) mass is 430 g/mol. The second kappa shape index (κ2) is 9.33. The van der Waals surface area contributed by atoms with E-state index < -0.39 is 0 Å². The summed E-state index contributed by atoms with van der Waals surface area (Å²) in [6, 6.07) is 6.44. The van der Waals surface area contributed by atoms with Crippen molar-refractivity contribution in [1.29, 1.82) is 0 Å². The van der Waals surface area contributed by atoms with E-state index in [2.05, 4.69) is 0 Å². The highest BCUT2D eigenvalue weighted by Gasteiger charge is 2.09. The van der Waals surface area contributed by atoms with Crippen LogP contribution in [0, 0.1) is 0 Å². The van der Waals surface area contributed by atoms with Gasteiger partial charge < -0.3 is 9.47 Å². The number of rotatable bonds is 6. The van der Waals surface area contributed by atoms with Gasteiger partial charge >= 0.3 is 0 Å². The number of benzene rings is 2. The van der Waals surface area contributed by atoms with Gasteiger partial charge in [-0.2, -0.15) is 0 Å². The first-order chi connectivity index (χ1) is 12.3. The van der Waals surface area contributed by atoms with Gasteiger partial charge in [0.1, 0.15) is 11.5 Å². The number of carbonyl (C=O) groups is 1. The van der Waals surface area contributed by atoms with E-state index in [4.69, 9.17) is 55.9 Å². The maximum atomic E-state index is 12.1. The summed E-state index contributed by atoms with van der Waals surface area (Å²) in [7, 11) is 2.98. The molecule has 0 fully saturated rings. The first kappa shape index (κ1) is 20.7. The van der Waals surface area contributed by atoms with Gasteiger partial charge in [-0.25, -0.2) is 0 Å². The molecule has 2 aromatic carbocycles. The Bertz CT molecular complexity index is 817. The summed E-state index contributed by atoms with van der Waals surface area (Å²) in [6.07, 6.45) is 5.90. The van der Waals surface area contributed by atoms with E-state index in [1.807, 2.05) is 0 Å². The third-order valence-corrected chi connectivity index (χ3v) is 4.33. The van der Waals surface area contributed by atoms with Crippen molar-refractivity contribution in [3.05, 3.63) is 67.6 Å². The van der Waals surface area contributed by atoms with Gasteiger partial charge in [0.15, 0.2) is 5.78 Å². The van der Waals surface area contributed by atoms with Crippen LogP contribution < -0.4 is 9.47 Å². The molecule has 0 bridgehead atoms. The van der Waals surface area contributed by atoms with Crippen molar-refractivity contribution in [1.82, 2.24) is 0 Å². The van der Waals surface area contributed by atoms with Crippen molar-refractivity contribution in [2.24, 2.45) is 0 Å². The Labute approximate surface area is 171 Å². The van der Waals surface area contributed by atoms with Gasteiger partial charge in [-0.15, -0.1) is 0 Å². The van der Waals surface area contributed by atoms with Crippen LogP contribution in [0.25, 0.3) is 12.2 Å². The van der Waals surface area contributed by atoms with Crippen LogP contribution in [-0.4, -0.2) is 20.0 Å². The zero-order valence-corrected chi connectivity index (χ0v) is 16.9. The Morgan fingerprint density at radius 1 is 0.769 bits per heavy atom. The third kappa shape index (κ3) is 5.18. The summed E-state index contributed by atoms with van der Waals surface area (Å²) in [5, 5.41) is 1.61. The second-order valence-corrected chi connectivity index (χ2v) is 6.78. The molecule has 0 aliphatic heterocycles. The average molecular weight is 432 g/mol. The molecule has 0 aromatic heterocycles. The number of carbonyl (C=O) groups excluding carboxylic acids is 1. The van der Waals surface area contributed by atoms with Crippen LogP contribution in [0.1, 0.15) is 11.1 Å². The normalized spacial score (nSPS) is 11.3. The Kier molecular flexibility index (Phi) is 7.42. The largest absolute Gasteiger partial charge is 0.495 e. The van der Waals surface area contributed by atoms with Gasteiger partial charge in [0.05, 0.1) is 24.3 Å². The molecule has 136 valence electrons. The lowest BCUT2D eigenvalue weighted by atomic mass is 10.1. The lowest BCUT2D eigenvalue weighted by Gasteiger charge is -2.08. The number of hydrogen-bond donors (Lipinski definition) is 0. The van der Waals surface area contributed by atoms with Crippen molar-refractivity contribution >= 4 is 64.3 Å². The molecule has 3 nitrogen and oxygen atoms in total. The predicted octanol–water partition coefficient (Wildman–Crippen LogP) is 6.61. The molecule has 0 aliphatic carbocycles. The fourth-order valence-electron chi connectivity index (χ4n) is 2.24. The summed E-state index contributed by atoms with van der Waals surface area (Å²) in [4.78, 5) is 12.1. The van der Waals surface area contributed by atoms with Crippen molar-refractivity contribution in [3.63, 3.8) is 0 Å². The minimum atomic E-state index is -0.263. The number of hydrogen-bond acceptors (Lipinski definition) is 3. The van der Waals surface area contributed by atoms with Gasteiger partial charge in [-0.3, -0.25) is 4.79 Å². The highest BCUT2D eigenvalue weighted by Crippen LogP contribution is 2.34. The molecule has 0 saturated heterocycles. The van der Waals surface area contributed by atoms with E-state index in [1.54, 1.807) is 36.4 Å². The molecule has 0 saturated carbocycles. The molecular formula is C19H14Cl4O3. The Hall–Kier alpha value is -1.65. The van der Waals surface area contributed by atoms with Crippen LogP contribution in [0.15, 0.2) is 36.4 Å². The maximum absolute atomic E-state index is 12.1. The van der Waals surface area contributed by atoms with Crippen LogP contribution in [-0.2, 0) is 4.79 Å². The third-order valence-electron chi connectivity index (χ3n) is 3.34. The van der Waals surface area contributed by atoms with Gasteiger partial charge in [0, 0.05) is 21.2 Å². The lowest BCUT2D eigenvalue weighted by Crippen LogP contribution is -1.91. The summed E-state index contributed by atoms with van der Waals surface area (Å²) in [5.74, 6) is 0.612. The number of allylic oxidation sites excluding steroid dienone is 2. The van der Waals surface area contributed by atoms with E-state index in [0.29, 0.717) is 42.7 Å². The second-order valence-electron chi connectivity index (χ2n) is 5.09. The average Bonchev–Trinajstić information content (AvgIpc) is 2.57. The molecule has 0 amide bonds. The molecular weight excluding hydrogens is 418 g/mol. The molecule has 2 aromatic rings. The summed E-state index contributed by atoms with van der Waals surface area (Å²) < 4.78 is 10.5. The molecule has 26 heavy (non-hydrogen) atoms. The van der Waals surface area contributed by atoms with E-state index >= 15 is 0 Å². The van der Waals surface area contributed by atoms with Crippen LogP contribution in [0.3, 0.4) is 0 Å². The van der Waals surface area contributed by atoms with Crippen LogP contribution in [0.2, 0.25) is 20.1 Å². The molecule has 2 rings (SSSR count). The molecule has 0 heterocycles. The first-order valence-electron chi connectivity index (χ1n) is 7.32. The van der Waals surface area contributed by atoms with Crippen molar-refractivity contribution in [3.8, 4) is 11.5 Å². The van der Waals surface area contributed by atoms with E-state index in [-0.39, 0.29) is 5.78 Å². The smallest absolute Gasteiger partial charge is 0.178 e. The number of ketones is 1. The molecule has 0 atom stereocenters. The minimum absolute atomic E-state index is 0.263. The molecule has 0 spiro atoms. The van der Waals surface area contributed by atoms with Crippen molar-refractivity contribution in [2.45, 2.75) is 0 Å². The predicted molar refractivity (Wildman–Crippen MR) is 109 cm³/mol. The quantitative estimate of drug-likeness (QED) is 0.482. The molecule has 0 radical (unpaired) electrons. The van der Waals surface area contributed by atoms with E-state index in [0.717, 1.165) is 0 Å². The van der Waals surface area contributed by atoms with Crippen LogP contribution in [0.5, 0.6) is 11.5 Å². The van der Waals surface area contributed by atoms with Gasteiger partial charge in [-0.05, 0) is 48.6 Å². The van der Waals surface area contributed by atoms with Crippen molar-refractivity contribution < 1.29 is 14.3 Å². The summed E-state index contributed by atoms with van der Waals surface area (Å²) in [5.41, 5.74) is 1.19. The lowest BCUT2D eigenvalue weighted by molar-refractivity contribution is -0.110. The number of ether oxygens (including phenoxy) is 2. The number of methoxy groups -OCH3 is 2. The molecule has 0 aliphatic rings. The first-order valence-corrected chi connectivity index (χ1v) is 8.83. The highest BCUT2D eigenvalue weighted by molar-refractivity contribution is 6.36. The topological polar surface area (TPSA) is 35.5 Å². The zero-order valence-electron chi connectivity index (χ0n) is 13.9. The summed E-state index contributed by atoms with van der Waals surface area (Å²) >= 11 is 24.1. The Morgan fingerprint density at radius 3 is 1.50 bits per heavy atom. The van der Waals surface area contributed by atoms with Crippen molar-refractivity contribution in [2.75, 3.05) is 14.2 Å². The Balaban J connectivity index is 2.25. The zero-order chi connectivity index (χ0) is 19.3. The van der Waals surface area contributed by atoms with E-state index in [1.165, 1.54) is 26.4 Å². The van der Waals surface area contributed by atoms with E-state index in [9.17, 15) is 4.79 Å². The fraction of sp³-hybridized carbons (Fsp3) is 0.105. The van der Waals surface area contributed by atoms with Crippen LogP contribution >= 0.6 is 46.4 Å². The highest BCUT2D eigenvalue weighted by atomic mass is 35.5. The SMILES string of the molecule is COc1c(Cl)cc(Cl)cc1/C=C\C(=O)/C=C\c1cc(Cl)cc(Cl)c1OC. The fourth-order valence-corrected chi connectivity index (χ4v) is 3.41. The minimum Gasteiger partial charge on any atom is -0.495 e.